The molecule has 3 heterocycles. The highest BCUT2D eigenvalue weighted by Crippen LogP contribution is 2.34. The number of sulfonamides is 1. The van der Waals surface area contributed by atoms with Crippen LogP contribution in [0.15, 0.2) is 41.3 Å². The normalized spacial score (nSPS) is 19.6. The van der Waals surface area contributed by atoms with Crippen molar-refractivity contribution in [2.75, 3.05) is 49.6 Å². The molecule has 0 radical (unpaired) electrons. The van der Waals surface area contributed by atoms with Crippen LogP contribution in [-0.4, -0.2) is 67.9 Å². The van der Waals surface area contributed by atoms with E-state index in [1.807, 2.05) is 24.0 Å². The topological polar surface area (TPSA) is 135 Å². The summed E-state index contributed by atoms with van der Waals surface area (Å²) in [6.07, 6.45) is 1.32. The molecule has 1 amide bonds. The van der Waals surface area contributed by atoms with Gasteiger partial charge in [-0.05, 0) is 38.0 Å². The Balaban J connectivity index is 1.61. The first-order valence-electron chi connectivity index (χ1n) is 11.1. The maximum absolute atomic E-state index is 13.4. The third kappa shape index (κ3) is 5.18. The van der Waals surface area contributed by atoms with E-state index in [4.69, 9.17) is 4.74 Å². The Kier molecular flexibility index (Phi) is 7.10. The molecule has 0 aliphatic carbocycles. The number of nitro benzene ring substituents is 1. The van der Waals surface area contributed by atoms with E-state index in [9.17, 15) is 23.3 Å². The van der Waals surface area contributed by atoms with Gasteiger partial charge in [-0.25, -0.2) is 13.4 Å². The molecule has 34 heavy (non-hydrogen) atoms. The molecule has 2 aromatic rings. The van der Waals surface area contributed by atoms with Crippen molar-refractivity contribution in [3.8, 4) is 0 Å². The molecule has 2 aliphatic rings. The molecule has 2 saturated heterocycles. The number of hydrogen-bond acceptors (Lipinski definition) is 8. The Morgan fingerprint density at radius 1 is 1.21 bits per heavy atom. The van der Waals surface area contributed by atoms with Crippen LogP contribution in [0.4, 0.5) is 17.2 Å². The van der Waals surface area contributed by atoms with Crippen LogP contribution in [0.5, 0.6) is 0 Å². The number of non-ortho nitro benzene ring substituents is 1. The molecule has 182 valence electrons. The lowest BCUT2D eigenvalue weighted by atomic mass is 9.96. The minimum atomic E-state index is -3.99. The number of nitrogens with zero attached hydrogens (tertiary/aromatic N) is 4. The molecule has 4 rings (SSSR count). The zero-order valence-corrected chi connectivity index (χ0v) is 19.7. The monoisotopic (exact) mass is 489 g/mol. The van der Waals surface area contributed by atoms with Crippen LogP contribution in [0.3, 0.4) is 0 Å². The van der Waals surface area contributed by atoms with Gasteiger partial charge in [0.2, 0.25) is 15.9 Å². The Bertz CT molecular complexity index is 1180. The smallest absolute Gasteiger partial charge is 0.270 e. The summed E-state index contributed by atoms with van der Waals surface area (Å²) >= 11 is 0. The van der Waals surface area contributed by atoms with Crippen LogP contribution < -0.4 is 10.2 Å². The number of carbonyl (C=O) groups excluding carboxylic acids is 1. The van der Waals surface area contributed by atoms with E-state index >= 15 is 0 Å². The van der Waals surface area contributed by atoms with Gasteiger partial charge in [0.05, 0.1) is 29.7 Å². The molecule has 1 N–H and O–H groups in total. The fraction of sp³-hybridized carbons (Fsp3) is 0.455. The number of anilines is 2. The van der Waals surface area contributed by atoms with Gasteiger partial charge in [0, 0.05) is 44.0 Å². The maximum Gasteiger partial charge on any atom is 0.270 e. The van der Waals surface area contributed by atoms with E-state index in [-0.39, 0.29) is 48.7 Å². The predicted octanol–water partition coefficient (Wildman–Crippen LogP) is 2.17. The van der Waals surface area contributed by atoms with Crippen molar-refractivity contribution in [1.82, 2.24) is 9.29 Å². The van der Waals surface area contributed by atoms with Crippen molar-refractivity contribution in [3.63, 3.8) is 0 Å². The largest absolute Gasteiger partial charge is 0.379 e. The highest BCUT2D eigenvalue weighted by atomic mass is 32.2. The first-order valence-corrected chi connectivity index (χ1v) is 12.6. The number of nitrogens with one attached hydrogen (secondary N) is 1. The summed E-state index contributed by atoms with van der Waals surface area (Å²) in [6.45, 7) is 3.56. The minimum Gasteiger partial charge on any atom is -0.379 e. The molecule has 11 nitrogen and oxygen atoms in total. The van der Waals surface area contributed by atoms with Crippen LogP contribution >= 0.6 is 0 Å². The molecule has 2 fully saturated rings. The summed E-state index contributed by atoms with van der Waals surface area (Å²) < 4.78 is 33.4. The number of aryl methyl sites for hydroxylation is 1. The van der Waals surface area contributed by atoms with Crippen LogP contribution in [0, 0.1) is 23.0 Å². The molecule has 1 atom stereocenters. The molecular formula is C22H27N5O6S. The number of benzene rings is 1. The standard InChI is InChI=1S/C22H27N5O6S/c1-16-4-2-6-21(23-16)24-22(28)17-5-3-9-25(15-17)19-8-7-18(27(29)30)14-20(19)34(31,32)26-10-12-33-13-11-26/h2,4,6-8,14,17H,3,5,9-13,15H2,1H3,(H,23,24,28). The summed E-state index contributed by atoms with van der Waals surface area (Å²) in [4.78, 5) is 29.7. The van der Waals surface area contributed by atoms with Gasteiger partial charge in [-0.1, -0.05) is 6.07 Å². The molecule has 1 aromatic carbocycles. The van der Waals surface area contributed by atoms with Gasteiger partial charge in [-0.2, -0.15) is 4.31 Å². The quantitative estimate of drug-likeness (QED) is 0.482. The highest BCUT2D eigenvalue weighted by molar-refractivity contribution is 7.89. The number of rotatable bonds is 6. The number of aromatic nitrogens is 1. The van der Waals surface area contributed by atoms with E-state index in [0.29, 0.717) is 37.4 Å². The van der Waals surface area contributed by atoms with E-state index in [2.05, 4.69) is 10.3 Å². The second kappa shape index (κ2) is 10.0. The number of hydrogen-bond donors (Lipinski definition) is 1. The number of ether oxygens (including phenoxy) is 1. The third-order valence-corrected chi connectivity index (χ3v) is 7.94. The maximum atomic E-state index is 13.4. The second-order valence-electron chi connectivity index (χ2n) is 8.36. The van der Waals surface area contributed by atoms with Crippen molar-refractivity contribution in [1.29, 1.82) is 0 Å². The van der Waals surface area contributed by atoms with Crippen LogP contribution in [0.25, 0.3) is 0 Å². The summed E-state index contributed by atoms with van der Waals surface area (Å²) in [5, 5.41) is 14.2. The number of piperidine rings is 1. The van der Waals surface area contributed by atoms with E-state index in [1.54, 1.807) is 6.07 Å². The molecule has 1 aromatic heterocycles. The first kappa shape index (κ1) is 24.0. The SMILES string of the molecule is Cc1cccc(NC(=O)C2CCCN(c3ccc([N+](=O)[O-])cc3S(=O)(=O)N3CCOCC3)C2)n1. The fourth-order valence-corrected chi connectivity index (χ4v) is 5.90. The second-order valence-corrected chi connectivity index (χ2v) is 10.3. The Morgan fingerprint density at radius 3 is 2.68 bits per heavy atom. The number of carbonyl (C=O) groups is 1. The van der Waals surface area contributed by atoms with Crippen molar-refractivity contribution < 1.29 is 22.9 Å². The molecule has 1 unspecified atom stereocenters. The molecule has 0 bridgehead atoms. The molecule has 0 saturated carbocycles. The van der Waals surface area contributed by atoms with Crippen molar-refractivity contribution in [2.45, 2.75) is 24.7 Å². The summed E-state index contributed by atoms with van der Waals surface area (Å²) in [5.41, 5.74) is 0.850. The van der Waals surface area contributed by atoms with E-state index < -0.39 is 14.9 Å². The summed E-state index contributed by atoms with van der Waals surface area (Å²) in [6, 6.07) is 9.24. The lowest BCUT2D eigenvalue weighted by molar-refractivity contribution is -0.385. The Hall–Kier alpha value is -3.09. The molecule has 0 spiro atoms. The van der Waals surface area contributed by atoms with Gasteiger partial charge in [0.25, 0.3) is 5.69 Å². The zero-order valence-electron chi connectivity index (χ0n) is 18.8. The number of pyridine rings is 1. The minimum absolute atomic E-state index is 0.120. The summed E-state index contributed by atoms with van der Waals surface area (Å²) in [7, 11) is -3.99. The van der Waals surface area contributed by atoms with E-state index in [1.165, 1.54) is 16.4 Å². The highest BCUT2D eigenvalue weighted by Gasteiger charge is 2.34. The average Bonchev–Trinajstić information content (AvgIpc) is 2.84. The zero-order chi connectivity index (χ0) is 24.3. The van der Waals surface area contributed by atoms with Crippen LogP contribution in [0.2, 0.25) is 0 Å². The summed E-state index contributed by atoms with van der Waals surface area (Å²) in [5.74, 6) is -0.111. The lowest BCUT2D eigenvalue weighted by Gasteiger charge is -2.35. The molecular weight excluding hydrogens is 462 g/mol. The lowest BCUT2D eigenvalue weighted by Crippen LogP contribution is -2.43. The molecule has 12 heteroatoms. The average molecular weight is 490 g/mol. The van der Waals surface area contributed by atoms with Gasteiger partial charge < -0.3 is 15.0 Å². The van der Waals surface area contributed by atoms with E-state index in [0.717, 1.165) is 11.8 Å². The Labute approximate surface area is 197 Å². The third-order valence-electron chi connectivity index (χ3n) is 6.01. The number of amides is 1. The fourth-order valence-electron chi connectivity index (χ4n) is 4.26. The van der Waals surface area contributed by atoms with Gasteiger partial charge in [-0.3, -0.25) is 14.9 Å². The predicted molar refractivity (Wildman–Crippen MR) is 125 cm³/mol. The van der Waals surface area contributed by atoms with Gasteiger partial charge >= 0.3 is 0 Å². The van der Waals surface area contributed by atoms with Crippen molar-refractivity contribution in [2.24, 2.45) is 5.92 Å². The van der Waals surface area contributed by atoms with Gasteiger partial charge in [-0.15, -0.1) is 0 Å². The van der Waals surface area contributed by atoms with Crippen LogP contribution in [0.1, 0.15) is 18.5 Å². The van der Waals surface area contributed by atoms with Gasteiger partial charge in [0.1, 0.15) is 10.7 Å². The van der Waals surface area contributed by atoms with Crippen LogP contribution in [-0.2, 0) is 19.6 Å². The van der Waals surface area contributed by atoms with Crippen molar-refractivity contribution in [3.05, 3.63) is 52.2 Å². The number of morpholine rings is 1. The first-order chi connectivity index (χ1) is 16.3. The molecule has 2 aliphatic heterocycles. The Morgan fingerprint density at radius 2 is 1.97 bits per heavy atom. The van der Waals surface area contributed by atoms with Crippen molar-refractivity contribution >= 4 is 33.1 Å². The van der Waals surface area contributed by atoms with Gasteiger partial charge in [0.15, 0.2) is 0 Å². The number of nitro groups is 1.